The molecule has 0 spiro atoms. The molecule has 0 N–H and O–H groups in total. The first kappa shape index (κ1) is 28.3. The van der Waals surface area contributed by atoms with Crippen molar-refractivity contribution in [1.29, 1.82) is 0 Å². The van der Waals surface area contributed by atoms with Gasteiger partial charge in [-0.15, -0.1) is 11.8 Å². The molecule has 0 fully saturated rings. The van der Waals surface area contributed by atoms with Crippen LogP contribution < -0.4 is 0 Å². The van der Waals surface area contributed by atoms with Crippen LogP contribution in [0, 0.1) is 6.92 Å². The maximum absolute atomic E-state index is 12.9. The number of oxime groups is 1. The van der Waals surface area contributed by atoms with E-state index in [0.717, 1.165) is 62.0 Å². The van der Waals surface area contributed by atoms with Crippen molar-refractivity contribution in [1.82, 2.24) is 0 Å². The summed E-state index contributed by atoms with van der Waals surface area (Å²) in [6.45, 7) is 3.30. The van der Waals surface area contributed by atoms with E-state index in [-0.39, 0.29) is 5.78 Å². The van der Waals surface area contributed by atoms with Crippen LogP contribution in [0.25, 0.3) is 0 Å². The number of thioether (sulfide) groups is 1. The second-order valence-corrected chi connectivity index (χ2v) is 10.8. The second-order valence-electron chi connectivity index (χ2n) is 9.24. The number of aryl methyl sites for hydroxylation is 1. The number of hydrogen-bond acceptors (Lipinski definition) is 5. The molecular weight excluding hydrogens is 526 g/mol. The molecule has 0 saturated heterocycles. The summed E-state index contributed by atoms with van der Waals surface area (Å²) in [4.78, 5) is 30.4. The van der Waals surface area contributed by atoms with Gasteiger partial charge in [0.15, 0.2) is 5.78 Å². The summed E-state index contributed by atoms with van der Waals surface area (Å²) in [5, 5.41) is 4.85. The average Bonchev–Trinajstić information content (AvgIpc) is 2.94. The summed E-state index contributed by atoms with van der Waals surface area (Å²) in [6.07, 6.45) is 2.31. The first-order chi connectivity index (χ1) is 18.9. The van der Waals surface area contributed by atoms with E-state index >= 15 is 0 Å². The molecule has 198 valence electrons. The molecule has 4 rings (SSSR count). The Bertz CT molecular complexity index is 1450. The predicted molar refractivity (Wildman–Crippen MR) is 160 cm³/mol. The van der Waals surface area contributed by atoms with Gasteiger partial charge in [-0.05, 0) is 78.5 Å². The van der Waals surface area contributed by atoms with Crippen LogP contribution in [0.3, 0.4) is 0 Å². The van der Waals surface area contributed by atoms with Crippen molar-refractivity contribution in [3.63, 3.8) is 0 Å². The van der Waals surface area contributed by atoms with E-state index in [4.69, 9.17) is 16.4 Å². The number of nitrogens with zero attached hydrogens (tertiary/aromatic N) is 1. The van der Waals surface area contributed by atoms with Gasteiger partial charge in [0.25, 0.3) is 0 Å². The van der Waals surface area contributed by atoms with Gasteiger partial charge in [-0.3, -0.25) is 4.79 Å². The molecule has 0 aliphatic carbocycles. The fourth-order valence-corrected chi connectivity index (χ4v) is 5.11. The number of hydrogen-bond donors (Lipinski definition) is 0. The minimum atomic E-state index is -0.441. The summed E-state index contributed by atoms with van der Waals surface area (Å²) in [5.41, 5.74) is 6.32. The Hall–Kier alpha value is -3.67. The maximum atomic E-state index is 12.9. The standard InChI is InChI=1S/C33H30ClNO3S/c1-23-6-3-4-7-31(23)33(37)28-15-11-26(12-16-28)22-25-9-13-27(14-10-25)32(35-38-24(2)36)8-5-21-39-30-19-17-29(34)18-20-30/h3-4,6-7,9-20H,5,8,21-22H2,1-2H3. The molecule has 0 aromatic heterocycles. The third kappa shape index (κ3) is 8.41. The molecule has 0 amide bonds. The summed E-state index contributed by atoms with van der Waals surface area (Å²) in [7, 11) is 0. The highest BCUT2D eigenvalue weighted by atomic mass is 35.5. The van der Waals surface area contributed by atoms with Crippen LogP contribution in [0.4, 0.5) is 0 Å². The summed E-state index contributed by atoms with van der Waals surface area (Å²) in [5.74, 6) is 0.500. The van der Waals surface area contributed by atoms with E-state index in [1.54, 1.807) is 11.8 Å². The van der Waals surface area contributed by atoms with Gasteiger partial charge >= 0.3 is 5.97 Å². The van der Waals surface area contributed by atoms with Crippen LogP contribution in [0.5, 0.6) is 0 Å². The van der Waals surface area contributed by atoms with Crippen molar-refractivity contribution >= 4 is 40.8 Å². The highest BCUT2D eigenvalue weighted by molar-refractivity contribution is 7.99. The summed E-state index contributed by atoms with van der Waals surface area (Å²) < 4.78 is 0. The Morgan fingerprint density at radius 2 is 1.44 bits per heavy atom. The van der Waals surface area contributed by atoms with E-state index in [2.05, 4.69) is 17.3 Å². The predicted octanol–water partition coefficient (Wildman–Crippen LogP) is 8.31. The lowest BCUT2D eigenvalue weighted by molar-refractivity contribution is -0.140. The van der Waals surface area contributed by atoms with Gasteiger partial charge < -0.3 is 4.84 Å². The third-order valence-electron chi connectivity index (χ3n) is 6.23. The fraction of sp³-hybridized carbons (Fsp3) is 0.182. The summed E-state index contributed by atoms with van der Waals surface area (Å²) in [6, 6.07) is 31.4. The molecule has 0 aliphatic rings. The van der Waals surface area contributed by atoms with Gasteiger partial charge in [-0.2, -0.15) is 0 Å². The van der Waals surface area contributed by atoms with E-state index in [1.165, 1.54) is 6.92 Å². The Morgan fingerprint density at radius 3 is 2.05 bits per heavy atom. The molecule has 0 aliphatic heterocycles. The van der Waals surface area contributed by atoms with Gasteiger partial charge in [-0.25, -0.2) is 4.79 Å². The molecule has 0 atom stereocenters. The lowest BCUT2D eigenvalue weighted by Gasteiger charge is -2.09. The molecule has 4 nitrogen and oxygen atoms in total. The van der Waals surface area contributed by atoms with Crippen LogP contribution in [0.2, 0.25) is 5.02 Å². The Balaban J connectivity index is 1.37. The highest BCUT2D eigenvalue weighted by Gasteiger charge is 2.12. The molecule has 4 aromatic rings. The number of halogens is 1. The maximum Gasteiger partial charge on any atom is 0.331 e. The number of carbonyl (C=O) groups excluding carboxylic acids is 2. The molecule has 0 radical (unpaired) electrons. The lowest BCUT2D eigenvalue weighted by atomic mass is 9.96. The minimum absolute atomic E-state index is 0.0372. The van der Waals surface area contributed by atoms with Gasteiger partial charge in [0.05, 0.1) is 5.71 Å². The van der Waals surface area contributed by atoms with Crippen LogP contribution in [0.15, 0.2) is 107 Å². The van der Waals surface area contributed by atoms with Crippen molar-refractivity contribution in [3.8, 4) is 0 Å². The zero-order valence-corrected chi connectivity index (χ0v) is 23.6. The molecule has 0 bridgehead atoms. The SMILES string of the molecule is CC(=O)ON=C(CCCSc1ccc(Cl)cc1)c1ccc(Cc2ccc(C(=O)c3ccccc3C)cc2)cc1. The number of benzene rings is 4. The largest absolute Gasteiger partial charge is 0.331 e. The molecule has 0 saturated carbocycles. The first-order valence-corrected chi connectivity index (χ1v) is 14.2. The molecule has 6 heteroatoms. The smallest absolute Gasteiger partial charge is 0.318 e. The van der Waals surface area contributed by atoms with Crippen LogP contribution >= 0.6 is 23.4 Å². The van der Waals surface area contributed by atoms with Crippen molar-refractivity contribution < 1.29 is 14.4 Å². The Kier molecular flexibility index (Phi) is 10.1. The molecule has 39 heavy (non-hydrogen) atoms. The zero-order valence-electron chi connectivity index (χ0n) is 22.0. The van der Waals surface area contributed by atoms with Crippen LogP contribution in [-0.4, -0.2) is 23.2 Å². The van der Waals surface area contributed by atoms with Crippen molar-refractivity contribution in [3.05, 3.63) is 135 Å². The molecular formula is C33H30ClNO3S. The zero-order chi connectivity index (χ0) is 27.6. The normalized spacial score (nSPS) is 11.3. The Labute approximate surface area is 239 Å². The Morgan fingerprint density at radius 1 is 0.821 bits per heavy atom. The fourth-order valence-electron chi connectivity index (χ4n) is 4.13. The summed E-state index contributed by atoms with van der Waals surface area (Å²) >= 11 is 7.72. The van der Waals surface area contributed by atoms with E-state index in [0.29, 0.717) is 12.0 Å². The van der Waals surface area contributed by atoms with Crippen molar-refractivity contribution in [2.45, 2.75) is 38.0 Å². The number of ketones is 1. The van der Waals surface area contributed by atoms with Crippen LogP contribution in [-0.2, 0) is 16.1 Å². The van der Waals surface area contributed by atoms with E-state index in [9.17, 15) is 9.59 Å². The molecule has 0 heterocycles. The topological polar surface area (TPSA) is 55.7 Å². The van der Waals surface area contributed by atoms with E-state index in [1.807, 2.05) is 91.9 Å². The molecule has 4 aromatic carbocycles. The van der Waals surface area contributed by atoms with E-state index < -0.39 is 5.97 Å². The van der Waals surface area contributed by atoms with Gasteiger partial charge in [0.1, 0.15) is 0 Å². The van der Waals surface area contributed by atoms with Gasteiger partial charge in [0, 0.05) is 28.0 Å². The second kappa shape index (κ2) is 13.9. The van der Waals surface area contributed by atoms with Crippen molar-refractivity contribution in [2.75, 3.05) is 5.75 Å². The number of carbonyl (C=O) groups is 2. The molecule has 0 unspecified atom stereocenters. The number of rotatable bonds is 11. The minimum Gasteiger partial charge on any atom is -0.318 e. The average molecular weight is 556 g/mol. The lowest BCUT2D eigenvalue weighted by Crippen LogP contribution is -2.05. The first-order valence-electron chi connectivity index (χ1n) is 12.8. The monoisotopic (exact) mass is 555 g/mol. The highest BCUT2D eigenvalue weighted by Crippen LogP contribution is 2.22. The van der Waals surface area contributed by atoms with Crippen LogP contribution in [0.1, 0.15) is 57.9 Å². The third-order valence-corrected chi connectivity index (χ3v) is 7.58. The van der Waals surface area contributed by atoms with Crippen molar-refractivity contribution in [2.24, 2.45) is 5.16 Å². The van der Waals surface area contributed by atoms with Gasteiger partial charge in [-0.1, -0.05) is 89.6 Å². The quantitative estimate of drug-likeness (QED) is 0.0466. The van der Waals surface area contributed by atoms with Gasteiger partial charge in [0.2, 0.25) is 0 Å².